The fraction of sp³-hybridized carbons (Fsp3) is 0.200. The van der Waals surface area contributed by atoms with Crippen molar-refractivity contribution in [3.8, 4) is 28.3 Å². The predicted molar refractivity (Wildman–Crippen MR) is 117 cm³/mol. The van der Waals surface area contributed by atoms with Gasteiger partial charge in [0.05, 0.1) is 22.4 Å². The van der Waals surface area contributed by atoms with E-state index in [0.29, 0.717) is 37.5 Å². The van der Waals surface area contributed by atoms with E-state index in [0.717, 1.165) is 6.26 Å². The van der Waals surface area contributed by atoms with Gasteiger partial charge in [0.15, 0.2) is 0 Å². The molecule has 0 aliphatic heterocycles. The molecule has 9 heteroatoms. The van der Waals surface area contributed by atoms with Crippen molar-refractivity contribution in [3.63, 3.8) is 0 Å². The molecule has 0 aliphatic rings. The van der Waals surface area contributed by atoms with Crippen LogP contribution in [0.5, 0.6) is 5.88 Å². The van der Waals surface area contributed by atoms with E-state index in [1.54, 1.807) is 42.5 Å². The van der Waals surface area contributed by atoms with Gasteiger partial charge >= 0.3 is 0 Å². The second-order valence-corrected chi connectivity index (χ2v) is 9.79. The van der Waals surface area contributed by atoms with Gasteiger partial charge < -0.3 is 4.74 Å². The first-order valence-electron chi connectivity index (χ1n) is 8.56. The Hall–Kier alpha value is -1.86. The van der Waals surface area contributed by atoms with Crippen LogP contribution in [0.3, 0.4) is 0 Å². The lowest BCUT2D eigenvalue weighted by Gasteiger charge is -2.18. The molecule has 0 atom stereocenters. The van der Waals surface area contributed by atoms with Crippen LogP contribution < -0.4 is 4.74 Å². The zero-order valence-corrected chi connectivity index (χ0v) is 18.9. The van der Waals surface area contributed by atoms with Crippen molar-refractivity contribution in [2.75, 3.05) is 6.26 Å². The summed E-state index contributed by atoms with van der Waals surface area (Å²) < 4.78 is 30.3. The number of hydrogen-bond acceptors (Lipinski definition) is 5. The Balaban J connectivity index is 2.43. The molecule has 0 aliphatic carbocycles. The largest absolute Gasteiger partial charge is 0.474 e. The SMILES string of the molecule is CC(C)Oc1nc(S(C)(=O)=O)nc(-c2ccc(Cl)cc2Cl)c1-c1ccc(Cl)cc1. The second kappa shape index (κ2) is 8.48. The number of hydrogen-bond donors (Lipinski definition) is 0. The van der Waals surface area contributed by atoms with Crippen molar-refractivity contribution in [2.45, 2.75) is 25.1 Å². The highest BCUT2D eigenvalue weighted by molar-refractivity contribution is 7.90. The van der Waals surface area contributed by atoms with Gasteiger partial charge in [-0.05, 0) is 49.7 Å². The molecule has 0 saturated heterocycles. The van der Waals surface area contributed by atoms with E-state index in [1.807, 2.05) is 13.8 Å². The zero-order chi connectivity index (χ0) is 21.3. The molecule has 0 unspecified atom stereocenters. The number of benzene rings is 2. The molecule has 0 bridgehead atoms. The van der Waals surface area contributed by atoms with E-state index in [1.165, 1.54) is 0 Å². The summed E-state index contributed by atoms with van der Waals surface area (Å²) in [6, 6.07) is 11.9. The van der Waals surface area contributed by atoms with Crippen molar-refractivity contribution < 1.29 is 13.2 Å². The standard InChI is InChI=1S/C20H17Cl3N2O3S/c1-11(2)28-19-17(12-4-6-13(21)7-5-12)18(24-20(25-19)29(3,26)27)15-9-8-14(22)10-16(15)23/h4-11H,1-3H3. The molecule has 3 aromatic rings. The molecule has 5 nitrogen and oxygen atoms in total. The van der Waals surface area contributed by atoms with Crippen molar-refractivity contribution in [2.24, 2.45) is 0 Å². The summed E-state index contributed by atoms with van der Waals surface area (Å²) >= 11 is 18.5. The molecule has 0 N–H and O–H groups in total. The molecular weight excluding hydrogens is 455 g/mol. The van der Waals surface area contributed by atoms with Gasteiger partial charge in [0, 0.05) is 21.9 Å². The minimum absolute atomic E-state index is 0.138. The van der Waals surface area contributed by atoms with Crippen molar-refractivity contribution >= 4 is 44.6 Å². The monoisotopic (exact) mass is 470 g/mol. The van der Waals surface area contributed by atoms with Gasteiger partial charge in [0.2, 0.25) is 15.7 Å². The van der Waals surface area contributed by atoms with E-state index in [4.69, 9.17) is 39.5 Å². The van der Waals surface area contributed by atoms with E-state index in [2.05, 4.69) is 9.97 Å². The van der Waals surface area contributed by atoms with Crippen molar-refractivity contribution in [1.29, 1.82) is 0 Å². The number of rotatable bonds is 5. The van der Waals surface area contributed by atoms with Crippen molar-refractivity contribution in [1.82, 2.24) is 9.97 Å². The quantitative estimate of drug-likeness (QED) is 0.429. The van der Waals surface area contributed by atoms with Gasteiger partial charge in [0.1, 0.15) is 0 Å². The average molecular weight is 472 g/mol. The highest BCUT2D eigenvalue weighted by Crippen LogP contribution is 2.41. The molecule has 0 spiro atoms. The third-order valence-electron chi connectivity index (χ3n) is 3.85. The summed E-state index contributed by atoms with van der Waals surface area (Å²) in [4.78, 5) is 8.52. The van der Waals surface area contributed by atoms with Crippen LogP contribution in [-0.2, 0) is 9.84 Å². The minimum Gasteiger partial charge on any atom is -0.474 e. The van der Waals surface area contributed by atoms with Gasteiger partial charge in [-0.15, -0.1) is 0 Å². The van der Waals surface area contributed by atoms with E-state index < -0.39 is 9.84 Å². The number of ether oxygens (including phenoxy) is 1. The molecule has 0 saturated carbocycles. The normalized spacial score (nSPS) is 11.7. The van der Waals surface area contributed by atoms with Crippen LogP contribution in [0.15, 0.2) is 47.6 Å². The van der Waals surface area contributed by atoms with Crippen LogP contribution >= 0.6 is 34.8 Å². The van der Waals surface area contributed by atoms with Crippen LogP contribution in [-0.4, -0.2) is 30.7 Å². The van der Waals surface area contributed by atoms with E-state index >= 15 is 0 Å². The zero-order valence-electron chi connectivity index (χ0n) is 15.8. The average Bonchev–Trinajstić information content (AvgIpc) is 2.61. The first-order chi connectivity index (χ1) is 13.6. The molecule has 1 heterocycles. The number of aromatic nitrogens is 2. The fourth-order valence-corrected chi connectivity index (χ4v) is 3.78. The summed E-state index contributed by atoms with van der Waals surface area (Å²) in [6.45, 7) is 3.64. The van der Waals surface area contributed by atoms with Crippen LogP contribution in [0, 0.1) is 0 Å². The maximum Gasteiger partial charge on any atom is 0.250 e. The Morgan fingerprint density at radius 3 is 2.10 bits per heavy atom. The summed E-state index contributed by atoms with van der Waals surface area (Å²) in [5.41, 5.74) is 2.03. The summed E-state index contributed by atoms with van der Waals surface area (Å²) in [6.07, 6.45) is 0.786. The summed E-state index contributed by atoms with van der Waals surface area (Å²) in [5, 5.41) is 0.968. The van der Waals surface area contributed by atoms with Gasteiger partial charge in [-0.1, -0.05) is 46.9 Å². The van der Waals surface area contributed by atoms with Gasteiger partial charge in [-0.2, -0.15) is 4.98 Å². The molecule has 0 radical (unpaired) electrons. The Morgan fingerprint density at radius 2 is 1.55 bits per heavy atom. The Labute approximate surface area is 184 Å². The van der Waals surface area contributed by atoms with Crippen LogP contribution in [0.1, 0.15) is 13.8 Å². The van der Waals surface area contributed by atoms with Crippen LogP contribution in [0.25, 0.3) is 22.4 Å². The van der Waals surface area contributed by atoms with Gasteiger partial charge in [0.25, 0.3) is 5.16 Å². The lowest BCUT2D eigenvalue weighted by atomic mass is 10.00. The first kappa shape index (κ1) is 21.8. The number of halogens is 3. The lowest BCUT2D eigenvalue weighted by molar-refractivity contribution is 0.231. The molecule has 3 rings (SSSR count). The Bertz CT molecular complexity index is 1160. The topological polar surface area (TPSA) is 69.2 Å². The number of sulfone groups is 1. The smallest absolute Gasteiger partial charge is 0.250 e. The molecular formula is C20H17Cl3N2O3S. The molecule has 0 amide bonds. The lowest BCUT2D eigenvalue weighted by Crippen LogP contribution is -2.13. The van der Waals surface area contributed by atoms with Gasteiger partial charge in [-0.25, -0.2) is 13.4 Å². The van der Waals surface area contributed by atoms with Crippen LogP contribution in [0.2, 0.25) is 15.1 Å². The van der Waals surface area contributed by atoms with Gasteiger partial charge in [-0.3, -0.25) is 0 Å². The third-order valence-corrected chi connectivity index (χ3v) is 5.50. The highest BCUT2D eigenvalue weighted by atomic mass is 35.5. The molecule has 1 aromatic heterocycles. The first-order valence-corrected chi connectivity index (χ1v) is 11.6. The molecule has 2 aromatic carbocycles. The van der Waals surface area contributed by atoms with E-state index in [-0.39, 0.29) is 17.1 Å². The van der Waals surface area contributed by atoms with Crippen LogP contribution in [0.4, 0.5) is 0 Å². The third kappa shape index (κ3) is 5.01. The minimum atomic E-state index is -3.71. The highest BCUT2D eigenvalue weighted by Gasteiger charge is 2.25. The van der Waals surface area contributed by atoms with E-state index in [9.17, 15) is 8.42 Å². The predicted octanol–water partition coefficient (Wildman–Crippen LogP) is 5.96. The Morgan fingerprint density at radius 1 is 0.931 bits per heavy atom. The fourth-order valence-electron chi connectivity index (χ4n) is 2.65. The number of nitrogens with zero attached hydrogens (tertiary/aromatic N) is 2. The molecule has 0 fully saturated rings. The Kier molecular flexibility index (Phi) is 6.39. The molecule has 29 heavy (non-hydrogen) atoms. The summed E-state index contributed by atoms with van der Waals surface area (Å²) in [7, 11) is -3.71. The summed E-state index contributed by atoms with van der Waals surface area (Å²) in [5.74, 6) is 0.138. The maximum absolute atomic E-state index is 12.2. The molecule has 152 valence electrons. The second-order valence-electron chi connectivity index (χ2n) is 6.60. The maximum atomic E-state index is 12.2. The van der Waals surface area contributed by atoms with Crippen molar-refractivity contribution in [3.05, 3.63) is 57.5 Å².